The minimum absolute atomic E-state index is 0.0377. The number of thiazole rings is 1. The number of benzene rings is 1. The van der Waals surface area contributed by atoms with Gasteiger partial charge in [-0.25, -0.2) is 4.98 Å². The minimum Gasteiger partial charge on any atom is -0.481 e. The van der Waals surface area contributed by atoms with E-state index in [1.54, 1.807) is 5.38 Å². The molecule has 0 radical (unpaired) electrons. The van der Waals surface area contributed by atoms with Gasteiger partial charge in [0.15, 0.2) is 5.13 Å². The molecule has 4 nitrogen and oxygen atoms in total. The lowest BCUT2D eigenvalue weighted by Gasteiger charge is -2.12. The summed E-state index contributed by atoms with van der Waals surface area (Å²) in [6.07, 6.45) is -0.0377. The molecule has 0 spiro atoms. The molecule has 1 aromatic heterocycles. The monoisotopic (exact) mass is 276 g/mol. The molecule has 5 heteroatoms. The summed E-state index contributed by atoms with van der Waals surface area (Å²) in [6, 6.07) is 8.07. The van der Waals surface area contributed by atoms with Crippen molar-refractivity contribution in [2.24, 2.45) is 0 Å². The number of para-hydroxylation sites is 1. The van der Waals surface area contributed by atoms with E-state index in [2.05, 4.69) is 30.2 Å². The molecular weight excluding hydrogens is 260 g/mol. The molecule has 0 aliphatic carbocycles. The molecule has 0 saturated heterocycles. The third-order valence-corrected chi connectivity index (χ3v) is 3.52. The Morgan fingerprint density at radius 3 is 2.84 bits per heavy atom. The topological polar surface area (TPSA) is 62.2 Å². The van der Waals surface area contributed by atoms with Crippen LogP contribution in [0, 0.1) is 0 Å². The van der Waals surface area contributed by atoms with Gasteiger partial charge in [0.05, 0.1) is 12.1 Å². The highest BCUT2D eigenvalue weighted by Gasteiger charge is 2.09. The normalized spacial score (nSPS) is 10.7. The van der Waals surface area contributed by atoms with Crippen LogP contribution in [0.1, 0.15) is 31.0 Å². The second kappa shape index (κ2) is 5.84. The van der Waals surface area contributed by atoms with Crippen molar-refractivity contribution in [3.63, 3.8) is 0 Å². The first-order valence-electron chi connectivity index (χ1n) is 6.08. The summed E-state index contributed by atoms with van der Waals surface area (Å²) in [5.41, 5.74) is 2.83. The Balaban J connectivity index is 2.17. The lowest BCUT2D eigenvalue weighted by molar-refractivity contribution is -0.136. The molecule has 19 heavy (non-hydrogen) atoms. The maximum Gasteiger partial charge on any atom is 0.309 e. The number of hydrogen-bond acceptors (Lipinski definition) is 4. The average molecular weight is 276 g/mol. The first-order valence-corrected chi connectivity index (χ1v) is 6.96. The van der Waals surface area contributed by atoms with Gasteiger partial charge in [-0.3, -0.25) is 4.79 Å². The van der Waals surface area contributed by atoms with Gasteiger partial charge in [0, 0.05) is 11.1 Å². The van der Waals surface area contributed by atoms with Gasteiger partial charge in [-0.2, -0.15) is 0 Å². The van der Waals surface area contributed by atoms with Crippen LogP contribution in [-0.2, 0) is 11.2 Å². The fourth-order valence-electron chi connectivity index (χ4n) is 1.83. The summed E-state index contributed by atoms with van der Waals surface area (Å²) < 4.78 is 0. The Kier molecular flexibility index (Phi) is 4.16. The molecular formula is C14H16N2O2S. The number of anilines is 2. The van der Waals surface area contributed by atoms with E-state index in [-0.39, 0.29) is 6.42 Å². The summed E-state index contributed by atoms with van der Waals surface area (Å²) in [7, 11) is 0. The molecule has 0 aliphatic heterocycles. The number of nitrogens with one attached hydrogen (secondary N) is 1. The summed E-state index contributed by atoms with van der Waals surface area (Å²) in [5.74, 6) is -0.443. The summed E-state index contributed by atoms with van der Waals surface area (Å²) in [6.45, 7) is 4.27. The number of carbonyl (C=O) groups is 1. The van der Waals surface area contributed by atoms with Gasteiger partial charge in [0.1, 0.15) is 0 Å². The van der Waals surface area contributed by atoms with Crippen molar-refractivity contribution in [3.05, 3.63) is 40.9 Å². The molecule has 0 saturated carbocycles. The largest absolute Gasteiger partial charge is 0.481 e. The summed E-state index contributed by atoms with van der Waals surface area (Å²) >= 11 is 1.42. The van der Waals surface area contributed by atoms with Crippen LogP contribution in [0.2, 0.25) is 0 Å². The maximum atomic E-state index is 10.6. The highest BCUT2D eigenvalue weighted by molar-refractivity contribution is 7.13. The highest BCUT2D eigenvalue weighted by Crippen LogP contribution is 2.28. The Bertz CT molecular complexity index is 578. The van der Waals surface area contributed by atoms with Crippen molar-refractivity contribution < 1.29 is 9.90 Å². The second-order valence-corrected chi connectivity index (χ2v) is 5.44. The van der Waals surface area contributed by atoms with E-state index in [1.807, 2.05) is 18.2 Å². The predicted octanol–water partition coefficient (Wildman–Crippen LogP) is 3.64. The first kappa shape index (κ1) is 13.5. The van der Waals surface area contributed by atoms with E-state index in [0.717, 1.165) is 10.8 Å². The second-order valence-electron chi connectivity index (χ2n) is 4.58. The third kappa shape index (κ3) is 3.54. The molecule has 0 unspecified atom stereocenters. The molecule has 0 atom stereocenters. The van der Waals surface area contributed by atoms with Crippen molar-refractivity contribution >= 4 is 28.1 Å². The Hall–Kier alpha value is -1.88. The minimum atomic E-state index is -0.862. The van der Waals surface area contributed by atoms with E-state index >= 15 is 0 Å². The van der Waals surface area contributed by atoms with Crippen LogP contribution < -0.4 is 5.32 Å². The van der Waals surface area contributed by atoms with Gasteiger partial charge in [-0.05, 0) is 17.5 Å². The smallest absolute Gasteiger partial charge is 0.309 e. The van der Waals surface area contributed by atoms with Gasteiger partial charge in [-0.15, -0.1) is 11.3 Å². The number of nitrogens with zero attached hydrogens (tertiary/aromatic N) is 1. The van der Waals surface area contributed by atoms with E-state index < -0.39 is 5.97 Å². The third-order valence-electron chi connectivity index (χ3n) is 2.71. The number of aliphatic carboxylic acids is 1. The molecule has 0 aliphatic rings. The molecule has 0 amide bonds. The molecule has 1 heterocycles. The van der Waals surface area contributed by atoms with Crippen LogP contribution >= 0.6 is 11.3 Å². The maximum absolute atomic E-state index is 10.6. The Labute approximate surface area is 116 Å². The van der Waals surface area contributed by atoms with E-state index in [1.165, 1.54) is 16.9 Å². The molecule has 0 fully saturated rings. The van der Waals surface area contributed by atoms with Crippen LogP contribution in [-0.4, -0.2) is 16.1 Å². The van der Waals surface area contributed by atoms with Gasteiger partial charge in [0.25, 0.3) is 0 Å². The fourth-order valence-corrected chi connectivity index (χ4v) is 2.55. The fraction of sp³-hybridized carbons (Fsp3) is 0.286. The zero-order valence-corrected chi connectivity index (χ0v) is 11.7. The zero-order chi connectivity index (χ0) is 13.8. The number of aromatic nitrogens is 1. The number of carboxylic acids is 1. The van der Waals surface area contributed by atoms with Gasteiger partial charge < -0.3 is 10.4 Å². The van der Waals surface area contributed by atoms with Crippen molar-refractivity contribution in [1.29, 1.82) is 0 Å². The Morgan fingerprint density at radius 2 is 2.16 bits per heavy atom. The summed E-state index contributed by atoms with van der Waals surface area (Å²) in [4.78, 5) is 14.9. The van der Waals surface area contributed by atoms with E-state index in [4.69, 9.17) is 5.11 Å². The van der Waals surface area contributed by atoms with Crippen LogP contribution in [0.3, 0.4) is 0 Å². The van der Waals surface area contributed by atoms with Gasteiger partial charge in [-0.1, -0.05) is 32.0 Å². The highest BCUT2D eigenvalue weighted by atomic mass is 32.1. The SMILES string of the molecule is CC(C)c1ccccc1Nc1nc(CC(=O)O)cs1. The number of rotatable bonds is 5. The van der Waals surface area contributed by atoms with E-state index in [9.17, 15) is 4.79 Å². The number of hydrogen-bond donors (Lipinski definition) is 2. The van der Waals surface area contributed by atoms with Crippen molar-refractivity contribution in [1.82, 2.24) is 4.98 Å². The lowest BCUT2D eigenvalue weighted by atomic mass is 10.0. The van der Waals surface area contributed by atoms with Crippen LogP contribution in [0.4, 0.5) is 10.8 Å². The molecule has 2 aromatic rings. The first-order chi connectivity index (χ1) is 9.06. The predicted molar refractivity (Wildman–Crippen MR) is 77.3 cm³/mol. The number of carboxylic acid groups (broad SMARTS) is 1. The quantitative estimate of drug-likeness (QED) is 0.875. The van der Waals surface area contributed by atoms with Crippen LogP contribution in [0.25, 0.3) is 0 Å². The van der Waals surface area contributed by atoms with Gasteiger partial charge in [0.2, 0.25) is 0 Å². The van der Waals surface area contributed by atoms with Crippen molar-refractivity contribution in [2.45, 2.75) is 26.2 Å². The molecule has 1 aromatic carbocycles. The van der Waals surface area contributed by atoms with Crippen molar-refractivity contribution in [3.8, 4) is 0 Å². The van der Waals surface area contributed by atoms with Gasteiger partial charge >= 0.3 is 5.97 Å². The Morgan fingerprint density at radius 1 is 1.42 bits per heavy atom. The zero-order valence-electron chi connectivity index (χ0n) is 10.9. The molecule has 2 N–H and O–H groups in total. The molecule has 0 bridgehead atoms. The molecule has 2 rings (SSSR count). The standard InChI is InChI=1S/C14H16N2O2S/c1-9(2)11-5-3-4-6-12(11)16-14-15-10(8-19-14)7-13(17)18/h3-6,8-9H,7H2,1-2H3,(H,15,16)(H,17,18). The van der Waals surface area contributed by atoms with E-state index in [0.29, 0.717) is 11.6 Å². The van der Waals surface area contributed by atoms with Crippen LogP contribution in [0.5, 0.6) is 0 Å². The molecule has 100 valence electrons. The average Bonchev–Trinajstić information content (AvgIpc) is 2.76. The lowest BCUT2D eigenvalue weighted by Crippen LogP contribution is -2.01. The van der Waals surface area contributed by atoms with Crippen LogP contribution in [0.15, 0.2) is 29.6 Å². The van der Waals surface area contributed by atoms with Crippen molar-refractivity contribution in [2.75, 3.05) is 5.32 Å². The summed E-state index contributed by atoms with van der Waals surface area (Å²) in [5, 5.41) is 14.5.